The van der Waals surface area contributed by atoms with Gasteiger partial charge in [0.25, 0.3) is 5.91 Å². The first kappa shape index (κ1) is 22.2. The van der Waals surface area contributed by atoms with Crippen molar-refractivity contribution in [2.45, 2.75) is 18.2 Å². The zero-order valence-corrected chi connectivity index (χ0v) is 17.7. The number of nitriles is 1. The van der Waals surface area contributed by atoms with Crippen LogP contribution in [0.5, 0.6) is 5.75 Å². The summed E-state index contributed by atoms with van der Waals surface area (Å²) in [5.74, 6) is -0.262. The summed E-state index contributed by atoms with van der Waals surface area (Å²) in [5.41, 5.74) is 1.36. The fourth-order valence-electron chi connectivity index (χ4n) is 2.95. The van der Waals surface area contributed by atoms with Crippen molar-refractivity contribution >= 4 is 40.9 Å². The highest BCUT2D eigenvalue weighted by Gasteiger charge is 2.21. The van der Waals surface area contributed by atoms with Gasteiger partial charge in [-0.2, -0.15) is 5.26 Å². The summed E-state index contributed by atoms with van der Waals surface area (Å²) < 4.78 is 10.6. The van der Waals surface area contributed by atoms with Crippen LogP contribution < -0.4 is 15.0 Å². The van der Waals surface area contributed by atoms with Crippen molar-refractivity contribution in [3.8, 4) is 11.8 Å². The number of amides is 2. The summed E-state index contributed by atoms with van der Waals surface area (Å²) in [5, 5.41) is 11.6. The molecule has 0 spiro atoms. The predicted octanol–water partition coefficient (Wildman–Crippen LogP) is 3.23. The highest BCUT2D eigenvalue weighted by molar-refractivity contribution is 8.00. The Kier molecular flexibility index (Phi) is 7.51. The van der Waals surface area contributed by atoms with Gasteiger partial charge in [0.1, 0.15) is 5.75 Å². The van der Waals surface area contributed by atoms with E-state index in [9.17, 15) is 14.4 Å². The molecule has 1 aliphatic rings. The normalized spacial score (nSPS) is 12.2. The summed E-state index contributed by atoms with van der Waals surface area (Å²) in [6.07, 6.45) is 0.134. The van der Waals surface area contributed by atoms with Crippen LogP contribution in [0.1, 0.15) is 23.7 Å². The molecule has 0 aliphatic carbocycles. The molecule has 9 heteroatoms. The first-order valence-corrected chi connectivity index (χ1v) is 10.6. The van der Waals surface area contributed by atoms with Gasteiger partial charge in [0.2, 0.25) is 5.91 Å². The molecule has 0 fully saturated rings. The Morgan fingerprint density at radius 3 is 2.71 bits per heavy atom. The quantitative estimate of drug-likeness (QED) is 0.629. The van der Waals surface area contributed by atoms with Gasteiger partial charge in [-0.3, -0.25) is 9.59 Å². The largest absolute Gasteiger partial charge is 0.494 e. The smallest absolute Gasteiger partial charge is 0.338 e. The summed E-state index contributed by atoms with van der Waals surface area (Å²) in [6, 6.07) is 13.8. The second-order valence-electron chi connectivity index (χ2n) is 6.50. The van der Waals surface area contributed by atoms with Gasteiger partial charge in [-0.1, -0.05) is 0 Å². The van der Waals surface area contributed by atoms with E-state index >= 15 is 0 Å². The Morgan fingerprint density at radius 2 is 2.00 bits per heavy atom. The van der Waals surface area contributed by atoms with Crippen LogP contribution in [-0.4, -0.2) is 43.3 Å². The number of hydrogen-bond acceptors (Lipinski definition) is 7. The minimum Gasteiger partial charge on any atom is -0.494 e. The Hall–Kier alpha value is -3.51. The zero-order valence-electron chi connectivity index (χ0n) is 16.9. The van der Waals surface area contributed by atoms with E-state index in [1.54, 1.807) is 36.4 Å². The fourth-order valence-corrected chi connectivity index (χ4v) is 3.74. The summed E-state index contributed by atoms with van der Waals surface area (Å²) in [4.78, 5) is 39.0. The monoisotopic (exact) mass is 439 g/mol. The first-order chi connectivity index (χ1) is 15.0. The van der Waals surface area contributed by atoms with Crippen molar-refractivity contribution in [1.29, 1.82) is 5.26 Å². The molecular weight excluding hydrogens is 418 g/mol. The molecule has 1 heterocycles. The van der Waals surface area contributed by atoms with E-state index in [2.05, 4.69) is 5.32 Å². The Bertz CT molecular complexity index is 1020. The molecule has 1 N–H and O–H groups in total. The van der Waals surface area contributed by atoms with Crippen LogP contribution >= 0.6 is 11.8 Å². The van der Waals surface area contributed by atoms with E-state index in [0.717, 1.165) is 4.90 Å². The predicted molar refractivity (Wildman–Crippen MR) is 116 cm³/mol. The van der Waals surface area contributed by atoms with Crippen molar-refractivity contribution < 1.29 is 23.9 Å². The Labute approximate surface area is 184 Å². The molecule has 8 nitrogen and oxygen atoms in total. The molecule has 31 heavy (non-hydrogen) atoms. The summed E-state index contributed by atoms with van der Waals surface area (Å²) in [6.45, 7) is 2.09. The van der Waals surface area contributed by atoms with Gasteiger partial charge < -0.3 is 19.7 Å². The minimum absolute atomic E-state index is 0.134. The third-order valence-corrected chi connectivity index (χ3v) is 5.46. The summed E-state index contributed by atoms with van der Waals surface area (Å²) >= 11 is 1.39. The molecule has 0 aromatic heterocycles. The van der Waals surface area contributed by atoms with E-state index in [1.807, 2.05) is 13.0 Å². The topological polar surface area (TPSA) is 109 Å². The third kappa shape index (κ3) is 5.77. The number of nitrogens with zero attached hydrogens (tertiary/aromatic N) is 2. The Morgan fingerprint density at radius 1 is 1.23 bits per heavy atom. The maximum atomic E-state index is 12.7. The molecule has 160 valence electrons. The molecular formula is C22H21N3O5S. The van der Waals surface area contributed by atoms with Crippen LogP contribution in [-0.2, 0) is 14.3 Å². The van der Waals surface area contributed by atoms with Crippen LogP contribution in [0.4, 0.5) is 11.4 Å². The highest BCUT2D eigenvalue weighted by atomic mass is 32.2. The number of thioether (sulfide) groups is 1. The van der Waals surface area contributed by atoms with Gasteiger partial charge in [0.05, 0.1) is 36.1 Å². The first-order valence-electron chi connectivity index (χ1n) is 9.65. The molecule has 3 rings (SSSR count). The standard InChI is InChI=1S/C22H21N3O5S/c1-2-29-17-7-5-16(6-8-17)25(11-3-10-23)21(27)13-30-22(28)15-4-9-19-18(12-15)24-20(26)14-31-19/h4-9,12H,2-3,11,13-14H2,1H3,(H,24,26). The van der Waals surface area contributed by atoms with Crippen molar-refractivity contribution in [3.05, 3.63) is 48.0 Å². The SMILES string of the molecule is CCOc1ccc(N(CCC#N)C(=O)COC(=O)c2ccc3c(c2)NC(=O)CS3)cc1. The molecule has 1 aliphatic heterocycles. The van der Waals surface area contributed by atoms with Crippen molar-refractivity contribution in [1.82, 2.24) is 0 Å². The number of fused-ring (bicyclic) bond motifs is 1. The maximum Gasteiger partial charge on any atom is 0.338 e. The van der Waals surface area contributed by atoms with Gasteiger partial charge in [0, 0.05) is 17.1 Å². The van der Waals surface area contributed by atoms with Crippen molar-refractivity contribution in [2.75, 3.05) is 35.7 Å². The number of hydrogen-bond donors (Lipinski definition) is 1. The number of carbonyl (C=O) groups is 3. The zero-order chi connectivity index (χ0) is 22.2. The van der Waals surface area contributed by atoms with E-state index < -0.39 is 18.5 Å². The van der Waals surface area contributed by atoms with Gasteiger partial charge >= 0.3 is 5.97 Å². The lowest BCUT2D eigenvalue weighted by atomic mass is 10.2. The van der Waals surface area contributed by atoms with Crippen molar-refractivity contribution in [3.63, 3.8) is 0 Å². The van der Waals surface area contributed by atoms with Crippen LogP contribution in [0.15, 0.2) is 47.4 Å². The number of anilines is 2. The van der Waals surface area contributed by atoms with E-state index in [4.69, 9.17) is 14.7 Å². The molecule has 2 amide bonds. The number of benzene rings is 2. The lowest BCUT2D eigenvalue weighted by molar-refractivity contribution is -0.121. The minimum atomic E-state index is -0.673. The molecule has 0 bridgehead atoms. The van der Waals surface area contributed by atoms with Gasteiger partial charge in [-0.15, -0.1) is 11.8 Å². The molecule has 2 aromatic carbocycles. The fraction of sp³-hybridized carbons (Fsp3) is 0.273. The molecule has 2 aromatic rings. The number of carbonyl (C=O) groups excluding carboxylic acids is 3. The summed E-state index contributed by atoms with van der Waals surface area (Å²) in [7, 11) is 0. The number of rotatable bonds is 8. The number of nitrogens with one attached hydrogen (secondary N) is 1. The molecule has 0 atom stereocenters. The lowest BCUT2D eigenvalue weighted by Gasteiger charge is -2.22. The highest BCUT2D eigenvalue weighted by Crippen LogP contribution is 2.32. The van der Waals surface area contributed by atoms with E-state index in [1.165, 1.54) is 22.7 Å². The Balaban J connectivity index is 1.66. The van der Waals surface area contributed by atoms with E-state index in [-0.39, 0.29) is 24.4 Å². The lowest BCUT2D eigenvalue weighted by Crippen LogP contribution is -2.35. The van der Waals surface area contributed by atoms with Gasteiger partial charge in [-0.05, 0) is 49.4 Å². The molecule has 0 saturated heterocycles. The van der Waals surface area contributed by atoms with Gasteiger partial charge in [0.15, 0.2) is 6.61 Å². The van der Waals surface area contributed by atoms with Crippen LogP contribution in [0.25, 0.3) is 0 Å². The third-order valence-electron chi connectivity index (χ3n) is 4.38. The van der Waals surface area contributed by atoms with Crippen LogP contribution in [0.3, 0.4) is 0 Å². The van der Waals surface area contributed by atoms with Crippen LogP contribution in [0.2, 0.25) is 0 Å². The second-order valence-corrected chi connectivity index (χ2v) is 7.52. The molecule has 0 saturated carbocycles. The van der Waals surface area contributed by atoms with Gasteiger partial charge in [-0.25, -0.2) is 4.79 Å². The second kappa shape index (κ2) is 10.5. The average Bonchev–Trinajstić information content (AvgIpc) is 2.78. The molecule has 0 radical (unpaired) electrons. The average molecular weight is 439 g/mol. The van der Waals surface area contributed by atoms with Crippen LogP contribution in [0, 0.1) is 11.3 Å². The maximum absolute atomic E-state index is 12.7. The number of esters is 1. The van der Waals surface area contributed by atoms with Crippen molar-refractivity contribution in [2.24, 2.45) is 0 Å². The number of ether oxygens (including phenoxy) is 2. The molecule has 0 unspecified atom stereocenters. The van der Waals surface area contributed by atoms with E-state index in [0.29, 0.717) is 29.5 Å².